The lowest BCUT2D eigenvalue weighted by molar-refractivity contribution is -0.207. The first kappa shape index (κ1) is 22.6. The smallest absolute Gasteiger partial charge is 0.441 e. The Morgan fingerprint density at radius 2 is 1.70 bits per heavy atom. The van der Waals surface area contributed by atoms with Crippen LogP contribution >= 0.6 is 0 Å². The Bertz CT molecular complexity index is 620. The lowest BCUT2D eigenvalue weighted by Crippen LogP contribution is -2.69. The highest BCUT2D eigenvalue weighted by Crippen LogP contribution is 2.33. The maximum absolute atomic E-state index is 13.8. The van der Waals surface area contributed by atoms with Gasteiger partial charge in [0.15, 0.2) is 0 Å². The third-order valence-corrected chi connectivity index (χ3v) is 3.61. The number of ether oxygens (including phenoxy) is 2. The van der Waals surface area contributed by atoms with Gasteiger partial charge in [-0.1, -0.05) is 20.3 Å². The molecule has 1 amide bonds. The number of nitrogens with one attached hydrogen (secondary N) is 2. The van der Waals surface area contributed by atoms with Crippen molar-refractivity contribution in [2.24, 2.45) is 0 Å². The molecule has 1 rings (SSSR count). The van der Waals surface area contributed by atoms with Gasteiger partial charge in [0.05, 0.1) is 13.2 Å². The number of esters is 1. The summed E-state index contributed by atoms with van der Waals surface area (Å²) >= 11 is 0. The van der Waals surface area contributed by atoms with Crippen LogP contribution in [0.15, 0.2) is 24.3 Å². The van der Waals surface area contributed by atoms with Crippen molar-refractivity contribution >= 4 is 17.6 Å². The first-order valence-electron chi connectivity index (χ1n) is 8.76. The standard InChI is InChI=1S/C18H25F3N2O4/c1-4-7-12-27-14-10-8-13(9-11-14)22-17(18(19,20)21,16(25)26-6-3)23-15(24)5-2/h8-11,22H,4-7,12H2,1-3H3,(H,23,24)/t17-/m0/s1. The third-order valence-electron chi connectivity index (χ3n) is 3.61. The molecule has 1 atom stereocenters. The minimum absolute atomic E-state index is 0.0281. The van der Waals surface area contributed by atoms with Crippen molar-refractivity contribution in [3.63, 3.8) is 0 Å². The first-order valence-corrected chi connectivity index (χ1v) is 8.76. The number of hydrogen-bond donors (Lipinski definition) is 2. The third kappa shape index (κ3) is 6.04. The number of halogens is 3. The number of rotatable bonds is 10. The molecule has 0 aliphatic carbocycles. The fourth-order valence-electron chi connectivity index (χ4n) is 2.11. The molecular formula is C18H25F3N2O4. The van der Waals surface area contributed by atoms with Gasteiger partial charge in [0.2, 0.25) is 5.91 Å². The highest BCUT2D eigenvalue weighted by Gasteiger charge is 2.63. The molecule has 0 aliphatic heterocycles. The molecule has 152 valence electrons. The Hall–Kier alpha value is -2.45. The SMILES string of the molecule is CCCCOc1ccc(N[C@](NC(=O)CC)(C(=O)OCC)C(F)(F)F)cc1. The quantitative estimate of drug-likeness (QED) is 0.363. The zero-order valence-electron chi connectivity index (χ0n) is 15.6. The van der Waals surface area contributed by atoms with Crippen LogP contribution < -0.4 is 15.4 Å². The number of carbonyl (C=O) groups excluding carboxylic acids is 2. The van der Waals surface area contributed by atoms with E-state index in [-0.39, 0.29) is 18.7 Å². The van der Waals surface area contributed by atoms with Gasteiger partial charge in [0.25, 0.3) is 0 Å². The van der Waals surface area contributed by atoms with Gasteiger partial charge in [0, 0.05) is 12.1 Å². The molecular weight excluding hydrogens is 365 g/mol. The zero-order chi connectivity index (χ0) is 20.5. The summed E-state index contributed by atoms with van der Waals surface area (Å²) in [6, 6.07) is 5.62. The van der Waals surface area contributed by atoms with Gasteiger partial charge in [-0.25, -0.2) is 4.79 Å². The van der Waals surface area contributed by atoms with Crippen LogP contribution in [0.25, 0.3) is 0 Å². The van der Waals surface area contributed by atoms with Crippen LogP contribution in [0.2, 0.25) is 0 Å². The van der Waals surface area contributed by atoms with Gasteiger partial charge in [-0.05, 0) is 37.6 Å². The van der Waals surface area contributed by atoms with E-state index in [0.717, 1.165) is 12.8 Å². The van der Waals surface area contributed by atoms with E-state index >= 15 is 0 Å². The van der Waals surface area contributed by atoms with Crippen LogP contribution in [0.1, 0.15) is 40.0 Å². The number of hydrogen-bond acceptors (Lipinski definition) is 5. The normalized spacial score (nSPS) is 13.4. The second-order valence-corrected chi connectivity index (χ2v) is 5.72. The average molecular weight is 390 g/mol. The Kier molecular flexibility index (Phi) is 8.39. The van der Waals surface area contributed by atoms with E-state index < -0.39 is 23.7 Å². The van der Waals surface area contributed by atoms with Gasteiger partial charge >= 0.3 is 17.8 Å². The molecule has 1 aromatic carbocycles. The van der Waals surface area contributed by atoms with Crippen molar-refractivity contribution in [3.05, 3.63) is 24.3 Å². The van der Waals surface area contributed by atoms with Crippen molar-refractivity contribution in [2.45, 2.75) is 51.9 Å². The first-order chi connectivity index (χ1) is 12.7. The molecule has 9 heteroatoms. The summed E-state index contributed by atoms with van der Waals surface area (Å²) in [4.78, 5) is 23.9. The number of carbonyl (C=O) groups is 2. The molecule has 0 bridgehead atoms. The summed E-state index contributed by atoms with van der Waals surface area (Å²) in [5.41, 5.74) is -3.42. The minimum Gasteiger partial charge on any atom is -0.494 e. The minimum atomic E-state index is -5.14. The Morgan fingerprint density at radius 1 is 1.07 bits per heavy atom. The van der Waals surface area contributed by atoms with Crippen LogP contribution in [0.3, 0.4) is 0 Å². The fourth-order valence-corrected chi connectivity index (χ4v) is 2.11. The molecule has 0 aliphatic rings. The summed E-state index contributed by atoms with van der Waals surface area (Å²) in [7, 11) is 0. The Labute approximate surface area is 156 Å². The van der Waals surface area contributed by atoms with Gasteiger partial charge in [-0.3, -0.25) is 4.79 Å². The number of amides is 1. The van der Waals surface area contributed by atoms with Gasteiger partial charge < -0.3 is 20.1 Å². The van der Waals surface area contributed by atoms with E-state index in [2.05, 4.69) is 10.1 Å². The summed E-state index contributed by atoms with van der Waals surface area (Å²) in [5, 5.41) is 3.82. The Morgan fingerprint density at radius 3 is 2.19 bits per heavy atom. The second-order valence-electron chi connectivity index (χ2n) is 5.72. The lowest BCUT2D eigenvalue weighted by Gasteiger charge is -2.35. The topological polar surface area (TPSA) is 76.7 Å². The summed E-state index contributed by atoms with van der Waals surface area (Å²) in [5.74, 6) is -2.10. The average Bonchev–Trinajstić information content (AvgIpc) is 2.61. The highest BCUT2D eigenvalue weighted by atomic mass is 19.4. The van der Waals surface area contributed by atoms with Crippen molar-refractivity contribution in [1.29, 1.82) is 0 Å². The number of alkyl halides is 3. The van der Waals surface area contributed by atoms with Gasteiger partial charge in [-0.15, -0.1) is 0 Å². The largest absolute Gasteiger partial charge is 0.494 e. The van der Waals surface area contributed by atoms with E-state index in [9.17, 15) is 22.8 Å². The van der Waals surface area contributed by atoms with Crippen molar-refractivity contribution in [1.82, 2.24) is 5.32 Å². The molecule has 6 nitrogen and oxygen atoms in total. The predicted molar refractivity (Wildman–Crippen MR) is 94.3 cm³/mol. The maximum Gasteiger partial charge on any atom is 0.441 e. The molecule has 0 unspecified atom stereocenters. The summed E-state index contributed by atoms with van der Waals surface area (Å²) in [6.07, 6.45) is -3.57. The zero-order valence-corrected chi connectivity index (χ0v) is 15.6. The summed E-state index contributed by atoms with van der Waals surface area (Å²) in [6.45, 7) is 4.98. The van der Waals surface area contributed by atoms with Crippen molar-refractivity contribution < 1.29 is 32.2 Å². The molecule has 0 radical (unpaired) electrons. The van der Waals surface area contributed by atoms with E-state index in [0.29, 0.717) is 12.4 Å². The molecule has 0 aromatic heterocycles. The van der Waals surface area contributed by atoms with Gasteiger partial charge in [0.1, 0.15) is 5.75 Å². The molecule has 2 N–H and O–H groups in total. The van der Waals surface area contributed by atoms with E-state index in [1.54, 1.807) is 5.32 Å². The summed E-state index contributed by atoms with van der Waals surface area (Å²) < 4.78 is 51.5. The van der Waals surface area contributed by atoms with E-state index in [1.807, 2.05) is 6.92 Å². The monoisotopic (exact) mass is 390 g/mol. The number of benzene rings is 1. The van der Waals surface area contributed by atoms with Crippen LogP contribution in [0.5, 0.6) is 5.75 Å². The van der Waals surface area contributed by atoms with Crippen LogP contribution in [0, 0.1) is 0 Å². The molecule has 27 heavy (non-hydrogen) atoms. The molecule has 0 heterocycles. The second kappa shape index (κ2) is 10.0. The van der Waals surface area contributed by atoms with Crippen LogP contribution in [-0.2, 0) is 14.3 Å². The number of anilines is 1. The van der Waals surface area contributed by atoms with E-state index in [4.69, 9.17) is 4.74 Å². The molecule has 0 fully saturated rings. The van der Waals surface area contributed by atoms with Crippen LogP contribution in [-0.4, -0.2) is 36.9 Å². The molecule has 0 saturated heterocycles. The fraction of sp³-hybridized carbons (Fsp3) is 0.556. The maximum atomic E-state index is 13.8. The van der Waals surface area contributed by atoms with E-state index in [1.165, 1.54) is 38.1 Å². The Balaban J connectivity index is 3.15. The lowest BCUT2D eigenvalue weighted by atomic mass is 10.1. The number of unbranched alkanes of at least 4 members (excludes halogenated alkanes) is 1. The van der Waals surface area contributed by atoms with Gasteiger partial charge in [-0.2, -0.15) is 13.2 Å². The molecule has 0 spiro atoms. The predicted octanol–water partition coefficient (Wildman–Crippen LogP) is 3.63. The van der Waals surface area contributed by atoms with Crippen molar-refractivity contribution in [3.8, 4) is 5.75 Å². The van der Waals surface area contributed by atoms with Crippen molar-refractivity contribution in [2.75, 3.05) is 18.5 Å². The molecule has 1 aromatic rings. The molecule has 0 saturated carbocycles. The highest BCUT2D eigenvalue weighted by molar-refractivity contribution is 5.91. The van der Waals surface area contributed by atoms with Crippen LogP contribution in [0.4, 0.5) is 18.9 Å².